The van der Waals surface area contributed by atoms with Crippen LogP contribution in [0.15, 0.2) is 114 Å². The van der Waals surface area contributed by atoms with Crippen molar-refractivity contribution in [1.29, 1.82) is 0 Å². The highest BCUT2D eigenvalue weighted by molar-refractivity contribution is 5.96. The standard InChI is InChI=1S/C71H95NO18/c1-9-10-11-12-13-14-15-16-17-18-19-20-21-22-32-39-56-84-42-52(87-56)43-85-68(81)89-62(60(49-33-26-23-27-34-49)72-65(78)50-35-28-24-29-36-50)67(80)88-54-41-71(82)64(90-66(79)51-37-30-25-31-38-51)59-57(53(75)44-83-47(4)73)45(2)40-55(76)70(59,8)63(77)61(86-48(5)74)58(46(54)3)69(71,6)7/h16-17,23-31,33-38,45,52-57,59-62,64,75-76,82H,9-15,18-22,32,39-44H2,1-8H3,(H,72,78)/b17-16-/t45?,52?,53?,54-,55-,56?,57-,59+,60-,61+,62-,64-,70+,71+/m0/s1. The van der Waals surface area contributed by atoms with Gasteiger partial charge in [0.2, 0.25) is 6.10 Å². The summed E-state index contributed by atoms with van der Waals surface area (Å²) in [4.78, 5) is 100. The summed E-state index contributed by atoms with van der Waals surface area (Å²) in [5, 5.41) is 41.6. The van der Waals surface area contributed by atoms with Crippen LogP contribution in [0.3, 0.4) is 0 Å². The summed E-state index contributed by atoms with van der Waals surface area (Å²) in [5.74, 6) is -8.88. The molecule has 4 N–H and O–H groups in total. The summed E-state index contributed by atoms with van der Waals surface area (Å²) in [6.45, 7) is 11.4. The summed E-state index contributed by atoms with van der Waals surface area (Å²) in [7, 11) is 0. The molecule has 19 heteroatoms. The molecule has 2 bridgehead atoms. The lowest BCUT2D eigenvalue weighted by Gasteiger charge is -2.63. The van der Waals surface area contributed by atoms with Crippen LogP contribution in [0.2, 0.25) is 0 Å². The zero-order valence-corrected chi connectivity index (χ0v) is 53.6. The lowest BCUT2D eigenvalue weighted by atomic mass is 9.45. The number of ether oxygens (including phenoxy) is 8. The highest BCUT2D eigenvalue weighted by Crippen LogP contribution is 2.62. The minimum atomic E-state index is -2.49. The summed E-state index contributed by atoms with van der Waals surface area (Å²) in [6, 6.07) is 22.7. The first-order chi connectivity index (χ1) is 43.0. The van der Waals surface area contributed by atoms with Gasteiger partial charge in [-0.2, -0.15) is 0 Å². The van der Waals surface area contributed by atoms with Crippen molar-refractivity contribution >= 4 is 41.7 Å². The number of fused-ring (bicyclic) bond motifs is 3. The number of esters is 4. The maximum atomic E-state index is 15.9. The lowest BCUT2D eigenvalue weighted by Crippen LogP contribution is -2.73. The number of aliphatic hydroxyl groups is 3. The maximum Gasteiger partial charge on any atom is 0.509 e. The molecule has 3 fully saturated rings. The smallest absolute Gasteiger partial charge is 0.463 e. The maximum absolute atomic E-state index is 15.9. The predicted octanol–water partition coefficient (Wildman–Crippen LogP) is 11.2. The Balaban J connectivity index is 1.18. The zero-order chi connectivity index (χ0) is 65.2. The van der Waals surface area contributed by atoms with Gasteiger partial charge in [-0.1, -0.05) is 158 Å². The summed E-state index contributed by atoms with van der Waals surface area (Å²) in [5.41, 5.74) is -5.75. The highest BCUT2D eigenvalue weighted by atomic mass is 16.8. The number of carbonyl (C=O) groups is 7. The molecular formula is C71H95NO18. The molecular weight excluding hydrogens is 1150 g/mol. The Labute approximate surface area is 529 Å². The van der Waals surface area contributed by atoms with Crippen LogP contribution in [0, 0.1) is 28.6 Å². The van der Waals surface area contributed by atoms with Gasteiger partial charge >= 0.3 is 30.0 Å². The van der Waals surface area contributed by atoms with Crippen LogP contribution in [-0.4, -0.2) is 131 Å². The molecule has 1 saturated heterocycles. The van der Waals surface area contributed by atoms with Crippen molar-refractivity contribution in [2.24, 2.45) is 28.6 Å². The molecule has 90 heavy (non-hydrogen) atoms. The number of allylic oxidation sites excluding steroid dienone is 2. The number of carbonyl (C=O) groups excluding carboxylic acids is 7. The van der Waals surface area contributed by atoms with Crippen molar-refractivity contribution in [2.45, 2.75) is 219 Å². The predicted molar refractivity (Wildman–Crippen MR) is 333 cm³/mol. The van der Waals surface area contributed by atoms with Crippen LogP contribution in [0.5, 0.6) is 0 Å². The van der Waals surface area contributed by atoms with Crippen LogP contribution < -0.4 is 5.32 Å². The number of hydrogen-bond donors (Lipinski definition) is 4. The van der Waals surface area contributed by atoms with Gasteiger partial charge in [-0.15, -0.1) is 0 Å². The molecule has 0 spiro atoms. The number of hydrogen-bond acceptors (Lipinski definition) is 18. The fourth-order valence-corrected chi connectivity index (χ4v) is 13.8. The average Bonchev–Trinajstić information content (AvgIpc) is 0.697. The summed E-state index contributed by atoms with van der Waals surface area (Å²) >= 11 is 0. The molecule has 0 radical (unpaired) electrons. The third-order valence-electron chi connectivity index (χ3n) is 18.9. The number of Topliss-reactive ketones (excluding diaryl/α,β-unsaturated/α-hetero) is 1. The molecule has 19 nitrogen and oxygen atoms in total. The molecule has 2 saturated carbocycles. The van der Waals surface area contributed by atoms with E-state index >= 15 is 9.59 Å². The van der Waals surface area contributed by atoms with E-state index in [4.69, 9.17) is 37.9 Å². The van der Waals surface area contributed by atoms with Crippen LogP contribution in [0.25, 0.3) is 0 Å². The van der Waals surface area contributed by atoms with E-state index in [9.17, 15) is 39.3 Å². The Morgan fingerprint density at radius 3 is 1.96 bits per heavy atom. The van der Waals surface area contributed by atoms with Crippen LogP contribution >= 0.6 is 0 Å². The summed E-state index contributed by atoms with van der Waals surface area (Å²) < 4.78 is 48.0. The van der Waals surface area contributed by atoms with Gasteiger partial charge in [0.15, 0.2) is 18.2 Å². The van der Waals surface area contributed by atoms with Crippen molar-refractivity contribution < 1.29 is 86.8 Å². The average molecular weight is 1250 g/mol. The largest absolute Gasteiger partial charge is 0.509 e. The number of unbranched alkanes of at least 4 members (excludes halogenated alkanes) is 11. The molecule has 3 aromatic rings. The summed E-state index contributed by atoms with van der Waals surface area (Å²) in [6.07, 6.45) is 6.62. The van der Waals surface area contributed by atoms with E-state index in [1.54, 1.807) is 99.6 Å². The first kappa shape index (κ1) is 70.7. The molecule has 0 aromatic heterocycles. The zero-order valence-electron chi connectivity index (χ0n) is 53.6. The molecule has 14 atom stereocenters. The Bertz CT molecular complexity index is 2930. The van der Waals surface area contributed by atoms with E-state index in [2.05, 4.69) is 24.4 Å². The minimum Gasteiger partial charge on any atom is -0.463 e. The van der Waals surface area contributed by atoms with Crippen LogP contribution in [0.1, 0.15) is 190 Å². The van der Waals surface area contributed by atoms with Gasteiger partial charge in [0.05, 0.1) is 29.8 Å². The van der Waals surface area contributed by atoms with E-state index in [1.807, 2.05) is 0 Å². The molecule has 1 amide bonds. The first-order valence-electron chi connectivity index (χ1n) is 32.3. The molecule has 492 valence electrons. The monoisotopic (exact) mass is 1250 g/mol. The van der Waals surface area contributed by atoms with Gasteiger partial charge in [-0.25, -0.2) is 14.4 Å². The Kier molecular flexibility index (Phi) is 25.9. The number of aliphatic hydroxyl groups excluding tert-OH is 2. The normalized spacial score (nSPS) is 27.2. The number of benzene rings is 3. The van der Waals surface area contributed by atoms with Gasteiger partial charge < -0.3 is 58.5 Å². The first-order valence-corrected chi connectivity index (χ1v) is 32.3. The number of rotatable bonds is 30. The fraction of sp³-hybridized carbons (Fsp3) is 0.592. The van der Waals surface area contributed by atoms with E-state index in [0.717, 1.165) is 58.8 Å². The molecule has 3 aromatic carbocycles. The number of amides is 1. The second kappa shape index (κ2) is 33.0. The quantitative estimate of drug-likeness (QED) is 0.0209. The van der Waals surface area contributed by atoms with Crippen molar-refractivity contribution in [3.8, 4) is 0 Å². The van der Waals surface area contributed by atoms with Gasteiger partial charge in [0.25, 0.3) is 5.91 Å². The van der Waals surface area contributed by atoms with Crippen molar-refractivity contribution in [3.63, 3.8) is 0 Å². The van der Waals surface area contributed by atoms with Crippen molar-refractivity contribution in [2.75, 3.05) is 19.8 Å². The van der Waals surface area contributed by atoms with Gasteiger partial charge in [0, 0.05) is 37.2 Å². The lowest BCUT2D eigenvalue weighted by molar-refractivity contribution is -0.245. The van der Waals surface area contributed by atoms with Gasteiger partial charge in [-0.05, 0) is 112 Å². The van der Waals surface area contributed by atoms with Gasteiger partial charge in [-0.3, -0.25) is 19.2 Å². The second-order valence-electron chi connectivity index (χ2n) is 25.5. The Morgan fingerprint density at radius 2 is 1.34 bits per heavy atom. The van der Waals surface area contributed by atoms with E-state index < -0.39 is 144 Å². The van der Waals surface area contributed by atoms with Crippen molar-refractivity contribution in [1.82, 2.24) is 5.32 Å². The fourth-order valence-electron chi connectivity index (χ4n) is 13.8. The topological polar surface area (TPSA) is 266 Å². The third kappa shape index (κ3) is 17.4. The molecule has 4 unspecified atom stereocenters. The third-order valence-corrected chi connectivity index (χ3v) is 18.9. The number of nitrogens with one attached hydrogen (secondary N) is 1. The molecule has 7 rings (SSSR count). The molecule has 1 heterocycles. The molecule has 1 aliphatic heterocycles. The Hall–Kier alpha value is -6.77. The minimum absolute atomic E-state index is 0.0379. The Morgan fingerprint density at radius 1 is 0.756 bits per heavy atom. The van der Waals surface area contributed by atoms with Crippen LogP contribution in [-0.2, 0) is 57.1 Å². The highest BCUT2D eigenvalue weighted by Gasteiger charge is 2.72. The van der Waals surface area contributed by atoms with E-state index in [-0.39, 0.29) is 41.9 Å². The molecule has 3 aliphatic carbocycles. The SMILES string of the molecule is CCCCCCCC/C=C\CCCCCCCC1OCC(COC(=O)O[C@H](C(=O)O[C@H]2C[C@@]3(O)[C@@H](OC(=O)c4ccccc4)[C@H]4[C@H](C(O)COC(C)=O)C(C)C[C@H](O)[C@@]4(C)C(=O)[C@H](OC(C)=O)C(=C2C)C3(C)C)[C@@H](NC(=O)c2ccccc2)c2ccccc2)O1. The van der Waals surface area contributed by atoms with Crippen LogP contribution in [0.4, 0.5) is 4.79 Å². The second-order valence-corrected chi connectivity index (χ2v) is 25.5. The molecule has 4 aliphatic rings. The van der Waals surface area contributed by atoms with Crippen molar-refractivity contribution in [3.05, 3.63) is 131 Å². The van der Waals surface area contributed by atoms with E-state index in [0.29, 0.717) is 12.0 Å². The number of ketones is 1. The van der Waals surface area contributed by atoms with Gasteiger partial charge in [0.1, 0.15) is 43.2 Å². The van der Waals surface area contributed by atoms with E-state index in [1.165, 1.54) is 64.5 Å².